The lowest BCUT2D eigenvalue weighted by atomic mass is 10.1. The molecule has 0 saturated carbocycles. The van der Waals surface area contributed by atoms with Crippen LogP contribution >= 0.6 is 24.0 Å². The summed E-state index contributed by atoms with van der Waals surface area (Å²) in [5, 5.41) is 10.8. The van der Waals surface area contributed by atoms with Crippen LogP contribution in [0.1, 0.15) is 29.4 Å². The lowest BCUT2D eigenvalue weighted by Crippen LogP contribution is -2.44. The molecule has 1 aromatic heterocycles. The number of halogens is 4. The van der Waals surface area contributed by atoms with E-state index in [0.29, 0.717) is 12.5 Å². The topological polar surface area (TPSA) is 63.5 Å². The van der Waals surface area contributed by atoms with E-state index in [-0.39, 0.29) is 42.4 Å². The van der Waals surface area contributed by atoms with Crippen molar-refractivity contribution >= 4 is 29.9 Å². The number of alkyl halides is 3. The zero-order valence-corrected chi connectivity index (χ0v) is 20.1. The number of nitrogens with one attached hydrogen (secondary N) is 2. The van der Waals surface area contributed by atoms with Gasteiger partial charge in [-0.2, -0.15) is 18.3 Å². The van der Waals surface area contributed by atoms with Crippen molar-refractivity contribution in [1.82, 2.24) is 20.4 Å². The van der Waals surface area contributed by atoms with Gasteiger partial charge in [-0.1, -0.05) is 6.07 Å². The number of ether oxygens (including phenoxy) is 1. The smallest absolute Gasteiger partial charge is 0.416 e. The molecule has 10 heteroatoms. The number of nitrogens with zero attached hydrogens (tertiary/aromatic N) is 3. The van der Waals surface area contributed by atoms with Crippen molar-refractivity contribution in [2.45, 2.75) is 39.4 Å². The molecule has 0 bridgehead atoms. The maximum absolute atomic E-state index is 12.7. The minimum atomic E-state index is -4.38. The van der Waals surface area contributed by atoms with E-state index in [1.807, 2.05) is 25.6 Å². The van der Waals surface area contributed by atoms with Gasteiger partial charge in [0.25, 0.3) is 0 Å². The Hall–Kier alpha value is -1.98. The Morgan fingerprint density at radius 1 is 1.30 bits per heavy atom. The van der Waals surface area contributed by atoms with Gasteiger partial charge < -0.3 is 15.4 Å². The monoisotopic (exact) mass is 539 g/mol. The highest BCUT2D eigenvalue weighted by atomic mass is 127. The number of aryl methyl sites for hydroxylation is 2. The van der Waals surface area contributed by atoms with Crippen LogP contribution in [0, 0.1) is 13.8 Å². The average molecular weight is 539 g/mol. The average Bonchev–Trinajstić information content (AvgIpc) is 2.89. The molecule has 1 unspecified atom stereocenters. The Balaban J connectivity index is 0.00000450. The summed E-state index contributed by atoms with van der Waals surface area (Å²) in [6, 6.07) is 4.96. The van der Waals surface area contributed by atoms with Crippen molar-refractivity contribution < 1.29 is 17.9 Å². The first-order valence-corrected chi connectivity index (χ1v) is 9.38. The van der Waals surface area contributed by atoms with Gasteiger partial charge in [-0.25, -0.2) is 0 Å². The molecular formula is C20H29F3IN5O. The van der Waals surface area contributed by atoms with Crippen molar-refractivity contribution in [3.8, 4) is 5.75 Å². The number of benzene rings is 1. The molecule has 2 N–H and O–H groups in total. The molecule has 168 valence electrons. The lowest BCUT2D eigenvalue weighted by Gasteiger charge is -2.18. The molecule has 2 aromatic rings. The van der Waals surface area contributed by atoms with Gasteiger partial charge in [0, 0.05) is 25.8 Å². The largest absolute Gasteiger partial charge is 0.492 e. The van der Waals surface area contributed by atoms with Gasteiger partial charge in [0.15, 0.2) is 5.96 Å². The van der Waals surface area contributed by atoms with Gasteiger partial charge in [-0.05, 0) is 51.0 Å². The van der Waals surface area contributed by atoms with E-state index in [9.17, 15) is 13.2 Å². The van der Waals surface area contributed by atoms with Gasteiger partial charge in [-0.15, -0.1) is 24.0 Å². The Labute approximate surface area is 192 Å². The summed E-state index contributed by atoms with van der Waals surface area (Å²) < 4.78 is 45.5. The normalized spacial score (nSPS) is 12.9. The number of hydrogen-bond donors (Lipinski definition) is 2. The first-order valence-electron chi connectivity index (χ1n) is 9.38. The summed E-state index contributed by atoms with van der Waals surface area (Å²) in [7, 11) is 3.59. The highest BCUT2D eigenvalue weighted by molar-refractivity contribution is 14.0. The fourth-order valence-electron chi connectivity index (χ4n) is 3.00. The van der Waals surface area contributed by atoms with E-state index < -0.39 is 11.7 Å². The molecule has 1 aromatic carbocycles. The first-order chi connectivity index (χ1) is 13.6. The van der Waals surface area contributed by atoms with Crippen LogP contribution in [-0.4, -0.2) is 42.0 Å². The van der Waals surface area contributed by atoms with Gasteiger partial charge in [-0.3, -0.25) is 9.67 Å². The number of aromatic nitrogens is 2. The molecular weight excluding hydrogens is 510 g/mol. The van der Waals surface area contributed by atoms with Crippen LogP contribution in [-0.2, 0) is 19.6 Å². The molecule has 0 aliphatic heterocycles. The molecule has 2 rings (SSSR count). The highest BCUT2D eigenvalue weighted by Crippen LogP contribution is 2.31. The molecule has 1 atom stereocenters. The van der Waals surface area contributed by atoms with Crippen molar-refractivity contribution in [2.75, 3.05) is 20.2 Å². The quantitative estimate of drug-likeness (QED) is 0.243. The van der Waals surface area contributed by atoms with E-state index in [4.69, 9.17) is 4.74 Å². The Morgan fingerprint density at radius 2 is 2.00 bits per heavy atom. The molecule has 0 spiro atoms. The summed E-state index contributed by atoms with van der Waals surface area (Å²) in [6.07, 6.45) is -3.59. The number of aliphatic imine (C=N–C) groups is 1. The van der Waals surface area contributed by atoms with E-state index in [2.05, 4.69) is 27.6 Å². The second kappa shape index (κ2) is 11.4. The van der Waals surface area contributed by atoms with Gasteiger partial charge in [0.2, 0.25) is 0 Å². The molecule has 0 aliphatic carbocycles. The predicted octanol–water partition coefficient (Wildman–Crippen LogP) is 3.85. The van der Waals surface area contributed by atoms with Crippen molar-refractivity contribution in [3.63, 3.8) is 0 Å². The van der Waals surface area contributed by atoms with E-state index in [1.54, 1.807) is 7.05 Å². The maximum atomic E-state index is 12.7. The molecule has 0 saturated heterocycles. The fraction of sp³-hybridized carbons (Fsp3) is 0.500. The molecule has 6 nitrogen and oxygen atoms in total. The molecule has 0 radical (unpaired) electrons. The van der Waals surface area contributed by atoms with Crippen LogP contribution in [0.5, 0.6) is 5.75 Å². The third kappa shape index (κ3) is 7.37. The van der Waals surface area contributed by atoms with Crippen LogP contribution in [0.15, 0.2) is 29.3 Å². The van der Waals surface area contributed by atoms with E-state index in [1.165, 1.54) is 17.7 Å². The minimum Gasteiger partial charge on any atom is -0.492 e. The zero-order chi connectivity index (χ0) is 21.6. The second-order valence-corrected chi connectivity index (χ2v) is 6.90. The van der Waals surface area contributed by atoms with Crippen molar-refractivity contribution in [1.29, 1.82) is 0 Å². The third-order valence-electron chi connectivity index (χ3n) is 4.60. The Morgan fingerprint density at radius 3 is 2.57 bits per heavy atom. The van der Waals surface area contributed by atoms with Crippen LogP contribution in [0.2, 0.25) is 0 Å². The van der Waals surface area contributed by atoms with E-state index in [0.717, 1.165) is 29.9 Å². The molecule has 30 heavy (non-hydrogen) atoms. The minimum absolute atomic E-state index is 0. The SMILES string of the molecule is CN=C(NCCOc1cccc(C(F)(F)F)c1)NC(C)Cc1c(C)nn(C)c1C.I. The summed E-state index contributed by atoms with van der Waals surface area (Å²) in [4.78, 5) is 4.18. The summed E-state index contributed by atoms with van der Waals surface area (Å²) in [6.45, 7) is 6.69. The van der Waals surface area contributed by atoms with Crippen LogP contribution in [0.3, 0.4) is 0 Å². The summed E-state index contributed by atoms with van der Waals surface area (Å²) in [5.41, 5.74) is 2.62. The van der Waals surface area contributed by atoms with Crippen LogP contribution in [0.25, 0.3) is 0 Å². The van der Waals surface area contributed by atoms with Gasteiger partial charge >= 0.3 is 6.18 Å². The van der Waals surface area contributed by atoms with E-state index >= 15 is 0 Å². The number of guanidine groups is 1. The lowest BCUT2D eigenvalue weighted by molar-refractivity contribution is -0.137. The second-order valence-electron chi connectivity index (χ2n) is 6.90. The van der Waals surface area contributed by atoms with Gasteiger partial charge in [0.1, 0.15) is 12.4 Å². The highest BCUT2D eigenvalue weighted by Gasteiger charge is 2.30. The van der Waals surface area contributed by atoms with Crippen LogP contribution < -0.4 is 15.4 Å². The fourth-order valence-corrected chi connectivity index (χ4v) is 3.00. The first kappa shape index (κ1) is 26.1. The zero-order valence-electron chi connectivity index (χ0n) is 17.8. The summed E-state index contributed by atoms with van der Waals surface area (Å²) >= 11 is 0. The molecule has 0 amide bonds. The molecule has 0 aliphatic rings. The van der Waals surface area contributed by atoms with Crippen molar-refractivity contribution in [3.05, 3.63) is 46.8 Å². The Bertz CT molecular complexity index is 851. The van der Waals surface area contributed by atoms with Crippen molar-refractivity contribution in [2.24, 2.45) is 12.0 Å². The molecule has 1 heterocycles. The van der Waals surface area contributed by atoms with Gasteiger partial charge in [0.05, 0.1) is 17.8 Å². The standard InChI is InChI=1S/C20H28F3N5O.HI/c1-13(11-18-14(2)27-28(5)15(18)3)26-19(24-4)25-9-10-29-17-8-6-7-16(12-17)20(21,22)23;/h6-8,12-13H,9-11H2,1-5H3,(H2,24,25,26);1H. The molecule has 0 fully saturated rings. The summed E-state index contributed by atoms with van der Waals surface area (Å²) in [5.74, 6) is 0.782. The predicted molar refractivity (Wildman–Crippen MR) is 123 cm³/mol. The number of hydrogen-bond acceptors (Lipinski definition) is 3. The Kier molecular flexibility index (Phi) is 9.92. The maximum Gasteiger partial charge on any atom is 0.416 e. The number of rotatable bonds is 7. The van der Waals surface area contributed by atoms with Crippen LogP contribution in [0.4, 0.5) is 13.2 Å². The third-order valence-corrected chi connectivity index (χ3v) is 4.60.